The lowest BCUT2D eigenvalue weighted by atomic mass is 10.1. The monoisotopic (exact) mass is 391 g/mol. The molecule has 0 unspecified atom stereocenters. The fraction of sp³-hybridized carbons (Fsp3) is 0.300. The number of amides is 2. The zero-order valence-corrected chi connectivity index (χ0v) is 16.4. The highest BCUT2D eigenvalue weighted by atomic mass is 35.5. The molecule has 2 aromatic carbocycles. The van der Waals surface area contributed by atoms with Gasteiger partial charge in [-0.1, -0.05) is 18.2 Å². The minimum atomic E-state index is -0.266. The number of ether oxygens (including phenoxy) is 1. The molecule has 0 aromatic heterocycles. The number of para-hydroxylation sites is 1. The van der Waals surface area contributed by atoms with Crippen LogP contribution < -0.4 is 21.1 Å². The highest BCUT2D eigenvalue weighted by molar-refractivity contribution is 6.03. The normalized spacial score (nSPS) is 9.89. The molecule has 0 aliphatic carbocycles. The van der Waals surface area contributed by atoms with Gasteiger partial charge in [0.25, 0.3) is 5.91 Å². The maximum atomic E-state index is 12.2. The third-order valence-electron chi connectivity index (χ3n) is 3.95. The molecule has 0 saturated carbocycles. The molecule has 146 valence electrons. The molecule has 0 atom stereocenters. The zero-order chi connectivity index (χ0) is 18.9. The van der Waals surface area contributed by atoms with Crippen molar-refractivity contribution in [3.63, 3.8) is 0 Å². The number of anilines is 1. The van der Waals surface area contributed by atoms with Crippen molar-refractivity contribution in [1.29, 1.82) is 0 Å². The van der Waals surface area contributed by atoms with Gasteiger partial charge in [0.1, 0.15) is 5.75 Å². The molecule has 0 radical (unpaired) electrons. The first kappa shape index (κ1) is 22.5. The maximum absolute atomic E-state index is 12.2. The molecule has 2 amide bonds. The lowest BCUT2D eigenvalue weighted by molar-refractivity contribution is -0.116. The van der Waals surface area contributed by atoms with Gasteiger partial charge < -0.3 is 21.1 Å². The van der Waals surface area contributed by atoms with E-state index in [9.17, 15) is 9.59 Å². The largest absolute Gasteiger partial charge is 0.493 e. The van der Waals surface area contributed by atoms with Gasteiger partial charge in [-0.05, 0) is 49.2 Å². The van der Waals surface area contributed by atoms with Crippen LogP contribution in [-0.4, -0.2) is 31.5 Å². The van der Waals surface area contributed by atoms with Crippen LogP contribution >= 0.6 is 12.4 Å². The molecule has 0 aliphatic rings. The first-order valence-electron chi connectivity index (χ1n) is 8.58. The Morgan fingerprint density at radius 1 is 1.07 bits per heavy atom. The van der Waals surface area contributed by atoms with Gasteiger partial charge >= 0.3 is 0 Å². The second-order valence-electron chi connectivity index (χ2n) is 5.98. The van der Waals surface area contributed by atoms with Crippen molar-refractivity contribution in [3.05, 3.63) is 59.2 Å². The summed E-state index contributed by atoms with van der Waals surface area (Å²) < 4.78 is 5.63. The van der Waals surface area contributed by atoms with Gasteiger partial charge in [0.05, 0.1) is 24.3 Å². The van der Waals surface area contributed by atoms with Crippen LogP contribution in [0, 0.1) is 13.8 Å². The number of benzene rings is 2. The number of nitrogens with two attached hydrogens (primary N) is 1. The van der Waals surface area contributed by atoms with Crippen LogP contribution in [0.15, 0.2) is 42.5 Å². The van der Waals surface area contributed by atoms with Crippen LogP contribution in [0.5, 0.6) is 5.75 Å². The Morgan fingerprint density at radius 2 is 1.81 bits per heavy atom. The van der Waals surface area contributed by atoms with Crippen molar-refractivity contribution in [2.75, 3.05) is 25.0 Å². The molecule has 2 aromatic rings. The van der Waals surface area contributed by atoms with Crippen molar-refractivity contribution in [3.8, 4) is 5.75 Å². The fourth-order valence-electron chi connectivity index (χ4n) is 2.35. The molecule has 0 bridgehead atoms. The maximum Gasteiger partial charge on any atom is 0.253 e. The number of nitrogens with one attached hydrogen (secondary N) is 2. The van der Waals surface area contributed by atoms with E-state index in [2.05, 4.69) is 10.6 Å². The molecule has 0 saturated heterocycles. The summed E-state index contributed by atoms with van der Waals surface area (Å²) in [6.07, 6.45) is 0.186. The van der Waals surface area contributed by atoms with Crippen molar-refractivity contribution >= 4 is 29.9 Å². The predicted molar refractivity (Wildman–Crippen MR) is 110 cm³/mol. The molecule has 0 aliphatic heterocycles. The summed E-state index contributed by atoms with van der Waals surface area (Å²) in [5.41, 5.74) is 8.61. The molecule has 0 fully saturated rings. The number of hydrogen-bond donors (Lipinski definition) is 3. The Hall–Kier alpha value is -2.57. The van der Waals surface area contributed by atoms with E-state index < -0.39 is 0 Å². The second kappa shape index (κ2) is 11.2. The first-order chi connectivity index (χ1) is 12.5. The highest BCUT2D eigenvalue weighted by Gasteiger charge is 2.12. The Morgan fingerprint density at radius 3 is 2.52 bits per heavy atom. The van der Waals surface area contributed by atoms with E-state index in [1.807, 2.05) is 32.0 Å². The summed E-state index contributed by atoms with van der Waals surface area (Å²) in [6, 6.07) is 12.7. The number of rotatable bonds is 8. The Labute approximate surface area is 165 Å². The van der Waals surface area contributed by atoms with E-state index in [0.717, 1.165) is 11.3 Å². The molecule has 0 spiro atoms. The molecule has 7 heteroatoms. The SMILES string of the molecule is Cc1ccc(OCCC(=O)Nc2ccccc2C(=O)NCCN)cc1C.Cl. The number of aryl methyl sites for hydroxylation is 2. The van der Waals surface area contributed by atoms with E-state index >= 15 is 0 Å². The summed E-state index contributed by atoms with van der Waals surface area (Å²) in [6.45, 7) is 5.05. The van der Waals surface area contributed by atoms with Crippen LogP contribution in [0.2, 0.25) is 0 Å². The molecular formula is C20H26ClN3O3. The van der Waals surface area contributed by atoms with Crippen molar-refractivity contribution in [2.24, 2.45) is 5.73 Å². The zero-order valence-electron chi connectivity index (χ0n) is 15.6. The van der Waals surface area contributed by atoms with Gasteiger partial charge in [-0.3, -0.25) is 9.59 Å². The average molecular weight is 392 g/mol. The number of carbonyl (C=O) groups excluding carboxylic acids is 2. The third kappa shape index (κ3) is 6.92. The lowest BCUT2D eigenvalue weighted by Gasteiger charge is -2.12. The molecule has 0 heterocycles. The van der Waals surface area contributed by atoms with Gasteiger partial charge in [-0.15, -0.1) is 12.4 Å². The molecule has 4 N–H and O–H groups in total. The first-order valence-corrected chi connectivity index (χ1v) is 8.58. The molecule has 6 nitrogen and oxygen atoms in total. The van der Waals surface area contributed by atoms with Crippen molar-refractivity contribution in [2.45, 2.75) is 20.3 Å². The number of hydrogen-bond acceptors (Lipinski definition) is 4. The fourth-order valence-corrected chi connectivity index (χ4v) is 2.35. The smallest absolute Gasteiger partial charge is 0.253 e. The van der Waals surface area contributed by atoms with E-state index in [-0.39, 0.29) is 37.2 Å². The summed E-state index contributed by atoms with van der Waals surface area (Å²) in [5.74, 6) is 0.258. The summed E-state index contributed by atoms with van der Waals surface area (Å²) >= 11 is 0. The topological polar surface area (TPSA) is 93.4 Å². The minimum absolute atomic E-state index is 0. The summed E-state index contributed by atoms with van der Waals surface area (Å²) in [4.78, 5) is 24.3. The summed E-state index contributed by atoms with van der Waals surface area (Å²) in [5, 5.41) is 5.46. The number of carbonyl (C=O) groups is 2. The van der Waals surface area contributed by atoms with Crippen LogP contribution in [0.1, 0.15) is 27.9 Å². The van der Waals surface area contributed by atoms with Gasteiger partial charge in [0.15, 0.2) is 0 Å². The summed E-state index contributed by atoms with van der Waals surface area (Å²) in [7, 11) is 0. The molecule has 27 heavy (non-hydrogen) atoms. The van der Waals surface area contributed by atoms with Gasteiger partial charge in [0, 0.05) is 13.1 Å². The van der Waals surface area contributed by atoms with E-state index in [0.29, 0.717) is 24.3 Å². The minimum Gasteiger partial charge on any atom is -0.493 e. The Bertz CT molecular complexity index is 781. The highest BCUT2D eigenvalue weighted by Crippen LogP contribution is 2.17. The van der Waals surface area contributed by atoms with Crippen LogP contribution in [0.3, 0.4) is 0 Å². The van der Waals surface area contributed by atoms with Crippen LogP contribution in [0.4, 0.5) is 5.69 Å². The van der Waals surface area contributed by atoms with Crippen molar-refractivity contribution < 1.29 is 14.3 Å². The van der Waals surface area contributed by atoms with Crippen molar-refractivity contribution in [1.82, 2.24) is 5.32 Å². The van der Waals surface area contributed by atoms with Crippen LogP contribution in [0.25, 0.3) is 0 Å². The Kier molecular flexibility index (Phi) is 9.33. The van der Waals surface area contributed by atoms with E-state index in [1.54, 1.807) is 24.3 Å². The van der Waals surface area contributed by atoms with Gasteiger partial charge in [0.2, 0.25) is 5.91 Å². The standard InChI is InChI=1S/C20H25N3O3.ClH/c1-14-7-8-16(13-15(14)2)26-12-9-19(24)23-18-6-4-3-5-17(18)20(25)22-11-10-21;/h3-8,13H,9-12,21H2,1-2H3,(H,22,25)(H,23,24);1H. The van der Waals surface area contributed by atoms with Crippen LogP contribution in [-0.2, 0) is 4.79 Å². The number of halogens is 1. The molecular weight excluding hydrogens is 366 g/mol. The lowest BCUT2D eigenvalue weighted by Crippen LogP contribution is -2.30. The van der Waals surface area contributed by atoms with Gasteiger partial charge in [-0.25, -0.2) is 0 Å². The van der Waals surface area contributed by atoms with E-state index in [4.69, 9.17) is 10.5 Å². The predicted octanol–water partition coefficient (Wildman–Crippen LogP) is 2.82. The third-order valence-corrected chi connectivity index (χ3v) is 3.95. The van der Waals surface area contributed by atoms with E-state index in [1.165, 1.54) is 5.56 Å². The average Bonchev–Trinajstić information content (AvgIpc) is 2.63. The second-order valence-corrected chi connectivity index (χ2v) is 5.98. The van der Waals surface area contributed by atoms with Gasteiger partial charge in [-0.2, -0.15) is 0 Å². The Balaban J connectivity index is 0.00000364. The quantitative estimate of drug-likeness (QED) is 0.645. The molecule has 2 rings (SSSR count).